The lowest BCUT2D eigenvalue weighted by Gasteiger charge is -2.27. The Kier molecular flexibility index (Phi) is 5.41. The molecular formula is C12H19FN2O4. The summed E-state index contributed by atoms with van der Waals surface area (Å²) >= 11 is 0. The molecule has 1 aliphatic heterocycles. The monoisotopic (exact) mass is 274 g/mol. The van der Waals surface area contributed by atoms with Gasteiger partial charge in [-0.25, -0.2) is 4.39 Å². The molecule has 6 nitrogen and oxygen atoms in total. The molecule has 0 bridgehead atoms. The fourth-order valence-electron chi connectivity index (χ4n) is 1.74. The maximum Gasteiger partial charge on any atom is 0.323 e. The second-order valence-corrected chi connectivity index (χ2v) is 4.77. The maximum absolute atomic E-state index is 13.2. The number of carbonyl (C=O) groups is 3. The van der Waals surface area contributed by atoms with Crippen LogP contribution in [-0.4, -0.2) is 47.5 Å². The Morgan fingerprint density at radius 2 is 2.16 bits per heavy atom. The van der Waals surface area contributed by atoms with Crippen molar-refractivity contribution in [3.8, 4) is 0 Å². The Balaban J connectivity index is 2.48. The zero-order valence-electron chi connectivity index (χ0n) is 11.1. The van der Waals surface area contributed by atoms with Gasteiger partial charge in [0.1, 0.15) is 6.04 Å². The number of likely N-dealkylation sites (tertiary alicyclic amines) is 1. The molecular weight excluding hydrogens is 255 g/mol. The summed E-state index contributed by atoms with van der Waals surface area (Å²) in [5.74, 6) is -1.87. The highest BCUT2D eigenvalue weighted by molar-refractivity contribution is 5.99. The number of halogens is 1. The van der Waals surface area contributed by atoms with E-state index in [1.54, 1.807) is 13.8 Å². The molecule has 0 saturated carbocycles. The van der Waals surface area contributed by atoms with Crippen LogP contribution in [0.4, 0.5) is 4.39 Å². The predicted octanol–water partition coefficient (Wildman–Crippen LogP) is 0.143. The van der Waals surface area contributed by atoms with Crippen LogP contribution in [0.3, 0.4) is 0 Å². The summed E-state index contributed by atoms with van der Waals surface area (Å²) in [5, 5.41) is 0. The van der Waals surface area contributed by atoms with E-state index in [0.717, 1.165) is 4.90 Å². The van der Waals surface area contributed by atoms with Crippen molar-refractivity contribution < 1.29 is 23.5 Å². The fraction of sp³-hybridized carbons (Fsp3) is 0.750. The van der Waals surface area contributed by atoms with Gasteiger partial charge in [-0.05, 0) is 26.7 Å². The van der Waals surface area contributed by atoms with Gasteiger partial charge in [0, 0.05) is 13.0 Å². The SMILES string of the molecule is CC(C)OC(=O)C(N)CCN1C(=O)CCC(F)C1=O. The molecule has 1 aliphatic rings. The van der Waals surface area contributed by atoms with Gasteiger partial charge >= 0.3 is 5.97 Å². The van der Waals surface area contributed by atoms with Gasteiger partial charge in [0.2, 0.25) is 5.91 Å². The van der Waals surface area contributed by atoms with Crippen LogP contribution in [0.1, 0.15) is 33.1 Å². The Bertz CT molecular complexity index is 373. The number of nitrogens with zero attached hydrogens (tertiary/aromatic N) is 1. The van der Waals surface area contributed by atoms with Crippen LogP contribution >= 0.6 is 0 Å². The van der Waals surface area contributed by atoms with E-state index in [1.165, 1.54) is 0 Å². The number of hydrogen-bond acceptors (Lipinski definition) is 5. The molecule has 0 radical (unpaired) electrons. The van der Waals surface area contributed by atoms with Crippen molar-refractivity contribution in [1.29, 1.82) is 0 Å². The van der Waals surface area contributed by atoms with Crippen molar-refractivity contribution in [2.75, 3.05) is 6.54 Å². The Morgan fingerprint density at radius 1 is 1.53 bits per heavy atom. The van der Waals surface area contributed by atoms with Gasteiger partial charge < -0.3 is 10.5 Å². The van der Waals surface area contributed by atoms with Crippen LogP contribution in [0, 0.1) is 0 Å². The molecule has 108 valence electrons. The third kappa shape index (κ3) is 4.27. The number of carbonyl (C=O) groups excluding carboxylic acids is 3. The first-order chi connectivity index (χ1) is 8.82. The van der Waals surface area contributed by atoms with Gasteiger partial charge in [0.15, 0.2) is 6.17 Å². The van der Waals surface area contributed by atoms with Gasteiger partial charge in [0.25, 0.3) is 5.91 Å². The zero-order valence-corrected chi connectivity index (χ0v) is 11.1. The molecule has 0 aromatic heterocycles. The molecule has 0 aromatic rings. The number of imide groups is 1. The highest BCUT2D eigenvalue weighted by Crippen LogP contribution is 2.16. The quantitative estimate of drug-likeness (QED) is 0.569. The second-order valence-electron chi connectivity index (χ2n) is 4.77. The molecule has 0 aromatic carbocycles. The number of alkyl halides is 1. The zero-order chi connectivity index (χ0) is 14.6. The van der Waals surface area contributed by atoms with Crippen molar-refractivity contribution in [3.63, 3.8) is 0 Å². The first-order valence-corrected chi connectivity index (χ1v) is 6.27. The molecule has 2 amide bonds. The summed E-state index contributed by atoms with van der Waals surface area (Å²) in [6.45, 7) is 3.32. The van der Waals surface area contributed by atoms with Crippen LogP contribution in [0.15, 0.2) is 0 Å². The summed E-state index contributed by atoms with van der Waals surface area (Å²) in [6, 6.07) is -0.928. The average molecular weight is 274 g/mol. The standard InChI is InChI=1S/C12H19FN2O4/c1-7(2)19-12(18)9(14)5-6-15-10(16)4-3-8(13)11(15)17/h7-9H,3-6,14H2,1-2H3. The number of piperidine rings is 1. The molecule has 1 fully saturated rings. The predicted molar refractivity (Wildman–Crippen MR) is 64.7 cm³/mol. The minimum atomic E-state index is -1.64. The molecule has 2 unspecified atom stereocenters. The molecule has 19 heavy (non-hydrogen) atoms. The summed E-state index contributed by atoms with van der Waals surface area (Å²) in [5.41, 5.74) is 5.59. The van der Waals surface area contributed by atoms with Gasteiger partial charge in [-0.1, -0.05) is 0 Å². The van der Waals surface area contributed by atoms with E-state index in [-0.39, 0.29) is 31.9 Å². The van der Waals surface area contributed by atoms with Crippen LogP contribution in [0.5, 0.6) is 0 Å². The summed E-state index contributed by atoms with van der Waals surface area (Å²) < 4.78 is 18.1. The molecule has 1 rings (SSSR count). The van der Waals surface area contributed by atoms with Crippen LogP contribution in [-0.2, 0) is 19.1 Å². The molecule has 1 saturated heterocycles. The van der Waals surface area contributed by atoms with Crippen molar-refractivity contribution in [3.05, 3.63) is 0 Å². The van der Waals surface area contributed by atoms with Gasteiger partial charge in [0.05, 0.1) is 6.10 Å². The molecule has 7 heteroatoms. The van der Waals surface area contributed by atoms with Crippen LogP contribution in [0.25, 0.3) is 0 Å². The molecule has 1 heterocycles. The van der Waals surface area contributed by atoms with E-state index in [2.05, 4.69) is 0 Å². The number of rotatable bonds is 5. The Hall–Kier alpha value is -1.50. The van der Waals surface area contributed by atoms with Crippen molar-refractivity contribution in [2.24, 2.45) is 5.73 Å². The van der Waals surface area contributed by atoms with E-state index < -0.39 is 30.0 Å². The summed E-state index contributed by atoms with van der Waals surface area (Å²) in [7, 11) is 0. The average Bonchev–Trinajstić information content (AvgIpc) is 2.33. The normalized spacial score (nSPS) is 21.7. The number of hydrogen-bond donors (Lipinski definition) is 1. The van der Waals surface area contributed by atoms with E-state index in [4.69, 9.17) is 10.5 Å². The van der Waals surface area contributed by atoms with Crippen molar-refractivity contribution >= 4 is 17.8 Å². The van der Waals surface area contributed by atoms with Gasteiger partial charge in [-0.3, -0.25) is 19.3 Å². The van der Waals surface area contributed by atoms with Crippen LogP contribution in [0.2, 0.25) is 0 Å². The van der Waals surface area contributed by atoms with E-state index in [9.17, 15) is 18.8 Å². The lowest BCUT2D eigenvalue weighted by atomic mass is 10.1. The fourth-order valence-corrected chi connectivity index (χ4v) is 1.74. The number of nitrogens with two attached hydrogens (primary N) is 1. The van der Waals surface area contributed by atoms with E-state index >= 15 is 0 Å². The molecule has 2 atom stereocenters. The lowest BCUT2D eigenvalue weighted by molar-refractivity contribution is -0.155. The van der Waals surface area contributed by atoms with E-state index in [1.807, 2.05) is 0 Å². The molecule has 0 spiro atoms. The summed E-state index contributed by atoms with van der Waals surface area (Å²) in [6.07, 6.45) is -1.94. The minimum absolute atomic E-state index is 0.00140. The third-order valence-corrected chi connectivity index (χ3v) is 2.77. The smallest absolute Gasteiger partial charge is 0.323 e. The van der Waals surface area contributed by atoms with Crippen LogP contribution < -0.4 is 5.73 Å². The second kappa shape index (κ2) is 6.60. The highest BCUT2D eigenvalue weighted by Gasteiger charge is 2.34. The van der Waals surface area contributed by atoms with Crippen molar-refractivity contribution in [2.45, 2.75) is 51.4 Å². The summed E-state index contributed by atoms with van der Waals surface area (Å²) in [4.78, 5) is 35.2. The van der Waals surface area contributed by atoms with Crippen molar-refractivity contribution in [1.82, 2.24) is 4.90 Å². The Labute approximate surface area is 111 Å². The first-order valence-electron chi connectivity index (χ1n) is 6.27. The van der Waals surface area contributed by atoms with Gasteiger partial charge in [-0.2, -0.15) is 0 Å². The third-order valence-electron chi connectivity index (χ3n) is 2.77. The van der Waals surface area contributed by atoms with E-state index in [0.29, 0.717) is 0 Å². The highest BCUT2D eigenvalue weighted by atomic mass is 19.1. The first kappa shape index (κ1) is 15.6. The number of ether oxygens (including phenoxy) is 1. The largest absolute Gasteiger partial charge is 0.462 e. The van der Waals surface area contributed by atoms with Gasteiger partial charge in [-0.15, -0.1) is 0 Å². The number of esters is 1. The minimum Gasteiger partial charge on any atom is -0.462 e. The maximum atomic E-state index is 13.2. The number of amides is 2. The molecule has 0 aliphatic carbocycles. The molecule has 2 N–H and O–H groups in total. The Morgan fingerprint density at radius 3 is 2.74 bits per heavy atom. The lowest BCUT2D eigenvalue weighted by Crippen LogP contribution is -2.48. The topological polar surface area (TPSA) is 89.7 Å².